The van der Waals surface area contributed by atoms with Gasteiger partial charge in [0.1, 0.15) is 6.33 Å². The molecule has 0 aliphatic carbocycles. The Bertz CT molecular complexity index is 860. The van der Waals surface area contributed by atoms with Gasteiger partial charge in [0, 0.05) is 26.2 Å². The Hall–Kier alpha value is -2.21. The minimum atomic E-state index is 0.636. The number of aromatic nitrogens is 4. The first-order chi connectivity index (χ1) is 11.6. The van der Waals surface area contributed by atoms with Crippen molar-refractivity contribution in [2.75, 3.05) is 38.1 Å². The van der Waals surface area contributed by atoms with Gasteiger partial charge >= 0.3 is 0 Å². The summed E-state index contributed by atoms with van der Waals surface area (Å²) in [4.78, 5) is 9.60. The molecular formula is C18H24N6. The van der Waals surface area contributed by atoms with E-state index in [4.69, 9.17) is 4.98 Å². The maximum Gasteiger partial charge on any atom is 0.204 e. The van der Waals surface area contributed by atoms with Crippen molar-refractivity contribution in [2.45, 2.75) is 20.3 Å². The maximum atomic E-state index is 4.93. The zero-order chi connectivity index (χ0) is 16.7. The van der Waals surface area contributed by atoms with Gasteiger partial charge in [-0.3, -0.25) is 4.40 Å². The van der Waals surface area contributed by atoms with Gasteiger partial charge in [-0.25, -0.2) is 4.98 Å². The van der Waals surface area contributed by atoms with Crippen molar-refractivity contribution in [1.82, 2.24) is 24.5 Å². The topological polar surface area (TPSA) is 49.6 Å². The molecule has 0 amide bonds. The highest BCUT2D eigenvalue weighted by Crippen LogP contribution is 2.25. The van der Waals surface area contributed by atoms with Gasteiger partial charge in [0.05, 0.1) is 11.0 Å². The average Bonchev–Trinajstić information content (AvgIpc) is 3.04. The highest BCUT2D eigenvalue weighted by molar-refractivity contribution is 5.83. The van der Waals surface area contributed by atoms with Crippen LogP contribution in [-0.4, -0.2) is 57.7 Å². The van der Waals surface area contributed by atoms with Crippen LogP contribution in [0, 0.1) is 5.92 Å². The Morgan fingerprint density at radius 1 is 1.12 bits per heavy atom. The minimum Gasteiger partial charge on any atom is -0.351 e. The predicted molar refractivity (Wildman–Crippen MR) is 96.5 cm³/mol. The fourth-order valence-corrected chi connectivity index (χ4v) is 3.41. The van der Waals surface area contributed by atoms with Crippen molar-refractivity contribution in [3.63, 3.8) is 0 Å². The zero-order valence-corrected chi connectivity index (χ0v) is 14.6. The largest absolute Gasteiger partial charge is 0.351 e. The molecule has 0 radical (unpaired) electrons. The van der Waals surface area contributed by atoms with Gasteiger partial charge in [-0.05, 0) is 37.1 Å². The molecule has 0 unspecified atom stereocenters. The van der Waals surface area contributed by atoms with Gasteiger partial charge in [-0.15, -0.1) is 10.2 Å². The van der Waals surface area contributed by atoms with Crippen LogP contribution in [0.5, 0.6) is 0 Å². The van der Waals surface area contributed by atoms with Crippen LogP contribution in [0.2, 0.25) is 0 Å². The van der Waals surface area contributed by atoms with Gasteiger partial charge in [0.2, 0.25) is 5.65 Å². The molecule has 6 heteroatoms. The first-order valence-corrected chi connectivity index (χ1v) is 8.67. The maximum absolute atomic E-state index is 4.93. The number of nitrogens with zero attached hydrogens (tertiary/aromatic N) is 6. The molecule has 2 aromatic heterocycles. The zero-order valence-electron chi connectivity index (χ0n) is 14.6. The quantitative estimate of drug-likeness (QED) is 0.739. The van der Waals surface area contributed by atoms with Crippen LogP contribution in [0.15, 0.2) is 24.5 Å². The SMILES string of the molecule is CC(C)Cc1ccc2nc(N3CCN(C)CC3)c3nncn3c2c1. The van der Waals surface area contributed by atoms with E-state index in [1.165, 1.54) is 5.56 Å². The third kappa shape index (κ3) is 2.71. The molecule has 1 aromatic carbocycles. The molecule has 4 rings (SSSR count). The number of anilines is 1. The summed E-state index contributed by atoms with van der Waals surface area (Å²) in [5, 5.41) is 8.50. The van der Waals surface area contributed by atoms with Gasteiger partial charge < -0.3 is 9.80 Å². The molecule has 0 bridgehead atoms. The van der Waals surface area contributed by atoms with Crippen LogP contribution in [0.25, 0.3) is 16.7 Å². The third-order valence-corrected chi connectivity index (χ3v) is 4.72. The molecule has 0 atom stereocenters. The van der Waals surface area contributed by atoms with E-state index in [-0.39, 0.29) is 0 Å². The number of rotatable bonds is 3. The monoisotopic (exact) mass is 324 g/mol. The van der Waals surface area contributed by atoms with Crippen LogP contribution in [0.1, 0.15) is 19.4 Å². The normalized spacial score (nSPS) is 16.6. The first kappa shape index (κ1) is 15.3. The standard InChI is InChI=1S/C18H24N6/c1-13(2)10-14-4-5-15-16(11-14)24-12-19-21-18(24)17(20-15)23-8-6-22(3)7-9-23/h4-5,11-13H,6-10H2,1-3H3. The lowest BCUT2D eigenvalue weighted by Crippen LogP contribution is -2.45. The molecule has 3 aromatic rings. The van der Waals surface area contributed by atoms with Crippen LogP contribution >= 0.6 is 0 Å². The molecule has 24 heavy (non-hydrogen) atoms. The number of likely N-dealkylation sites (N-methyl/N-ethyl adjacent to an activating group) is 1. The van der Waals surface area contributed by atoms with Gasteiger partial charge in [0.25, 0.3) is 0 Å². The van der Waals surface area contributed by atoms with Gasteiger partial charge in [-0.2, -0.15) is 0 Å². The van der Waals surface area contributed by atoms with E-state index in [1.54, 1.807) is 6.33 Å². The molecule has 3 heterocycles. The summed E-state index contributed by atoms with van der Waals surface area (Å²) in [6, 6.07) is 6.55. The second-order valence-electron chi connectivity index (χ2n) is 7.17. The van der Waals surface area contributed by atoms with Crippen molar-refractivity contribution >= 4 is 22.5 Å². The molecule has 0 N–H and O–H groups in total. The molecule has 126 valence electrons. The Morgan fingerprint density at radius 2 is 1.92 bits per heavy atom. The summed E-state index contributed by atoms with van der Waals surface area (Å²) in [6.07, 6.45) is 2.87. The molecule has 6 nitrogen and oxygen atoms in total. The highest BCUT2D eigenvalue weighted by Gasteiger charge is 2.20. The van der Waals surface area contributed by atoms with Crippen LogP contribution < -0.4 is 4.90 Å². The van der Waals surface area contributed by atoms with E-state index in [2.05, 4.69) is 63.5 Å². The van der Waals surface area contributed by atoms with Crippen LogP contribution in [0.3, 0.4) is 0 Å². The summed E-state index contributed by atoms with van der Waals surface area (Å²) in [5.74, 6) is 1.58. The summed E-state index contributed by atoms with van der Waals surface area (Å²) in [6.45, 7) is 8.53. The Morgan fingerprint density at radius 3 is 2.67 bits per heavy atom. The lowest BCUT2D eigenvalue weighted by molar-refractivity contribution is 0.312. The van der Waals surface area contributed by atoms with Crippen molar-refractivity contribution in [1.29, 1.82) is 0 Å². The minimum absolute atomic E-state index is 0.636. The molecule has 0 saturated carbocycles. The summed E-state index contributed by atoms with van der Waals surface area (Å²) >= 11 is 0. The van der Waals surface area contributed by atoms with E-state index >= 15 is 0 Å². The molecule has 1 saturated heterocycles. The average molecular weight is 324 g/mol. The number of fused-ring (bicyclic) bond motifs is 3. The molecule has 0 spiro atoms. The fourth-order valence-electron chi connectivity index (χ4n) is 3.41. The second kappa shape index (κ2) is 6.02. The van der Waals surface area contributed by atoms with Gasteiger partial charge in [-0.1, -0.05) is 19.9 Å². The number of piperazine rings is 1. The Kier molecular flexibility index (Phi) is 3.84. The molecule has 1 aliphatic rings. The Labute approximate surface area is 142 Å². The molecule has 1 aliphatic heterocycles. The van der Waals surface area contributed by atoms with Crippen LogP contribution in [0.4, 0.5) is 5.82 Å². The lowest BCUT2D eigenvalue weighted by atomic mass is 10.0. The van der Waals surface area contributed by atoms with Crippen molar-refractivity contribution in [3.8, 4) is 0 Å². The molecular weight excluding hydrogens is 300 g/mol. The van der Waals surface area contributed by atoms with E-state index in [1.807, 2.05) is 0 Å². The van der Waals surface area contributed by atoms with Crippen molar-refractivity contribution < 1.29 is 0 Å². The predicted octanol–water partition coefficient (Wildman–Crippen LogP) is 2.23. The number of hydrogen-bond donors (Lipinski definition) is 0. The van der Waals surface area contributed by atoms with Crippen molar-refractivity contribution in [3.05, 3.63) is 30.1 Å². The van der Waals surface area contributed by atoms with E-state index in [0.717, 1.165) is 55.1 Å². The van der Waals surface area contributed by atoms with Gasteiger partial charge in [0.15, 0.2) is 5.82 Å². The van der Waals surface area contributed by atoms with Crippen LogP contribution in [-0.2, 0) is 6.42 Å². The fraction of sp³-hybridized carbons (Fsp3) is 0.500. The van der Waals surface area contributed by atoms with E-state index < -0.39 is 0 Å². The number of benzene rings is 1. The smallest absolute Gasteiger partial charge is 0.204 e. The Balaban J connectivity index is 1.82. The van der Waals surface area contributed by atoms with E-state index in [0.29, 0.717) is 5.92 Å². The van der Waals surface area contributed by atoms with E-state index in [9.17, 15) is 0 Å². The van der Waals surface area contributed by atoms with Crippen molar-refractivity contribution in [2.24, 2.45) is 5.92 Å². The lowest BCUT2D eigenvalue weighted by Gasteiger charge is -2.33. The summed E-state index contributed by atoms with van der Waals surface area (Å²) in [5.41, 5.74) is 4.28. The first-order valence-electron chi connectivity index (χ1n) is 8.67. The summed E-state index contributed by atoms with van der Waals surface area (Å²) < 4.78 is 2.08. The third-order valence-electron chi connectivity index (χ3n) is 4.72. The number of hydrogen-bond acceptors (Lipinski definition) is 5. The summed E-state index contributed by atoms with van der Waals surface area (Å²) in [7, 11) is 2.16. The second-order valence-corrected chi connectivity index (χ2v) is 7.17. The highest BCUT2D eigenvalue weighted by atomic mass is 15.3. The molecule has 1 fully saturated rings.